The molecule has 0 bridgehead atoms. The molecule has 7 nitrogen and oxygen atoms in total. The van der Waals surface area contributed by atoms with Crippen LogP contribution < -0.4 is 0 Å². The van der Waals surface area contributed by atoms with Crippen LogP contribution in [0, 0.1) is 6.92 Å². The van der Waals surface area contributed by atoms with Crippen LogP contribution in [-0.2, 0) is 25.6 Å². The molecule has 4 heterocycles. The minimum Gasteiger partial charge on any atom is -0.330 e. The molecule has 174 valence electrons. The Hall–Kier alpha value is -2.93. The summed E-state index contributed by atoms with van der Waals surface area (Å²) in [6.07, 6.45) is 3.72. The summed E-state index contributed by atoms with van der Waals surface area (Å²) in [6, 6.07) is 12.8. The monoisotopic (exact) mass is 446 g/mol. The van der Waals surface area contributed by atoms with Gasteiger partial charge in [0.2, 0.25) is 0 Å². The van der Waals surface area contributed by atoms with Gasteiger partial charge in [-0.15, -0.1) is 0 Å². The Bertz CT molecular complexity index is 1140. The lowest BCUT2D eigenvalue weighted by Gasteiger charge is -2.47. The standard InChI is InChI=1S/C26H34N6O/c1-19(2)32-20(3)28-24-23(32)17-31(25(33)22-10-13-27-29(22)4)18-26(24)11-14-30(15-12-26)16-21-8-6-5-7-9-21/h5-10,13,19H,11-12,14-18H2,1-4H3. The van der Waals surface area contributed by atoms with Gasteiger partial charge in [-0.1, -0.05) is 30.3 Å². The third-order valence-corrected chi connectivity index (χ3v) is 7.43. The van der Waals surface area contributed by atoms with Crippen LogP contribution in [0.1, 0.15) is 66.0 Å². The van der Waals surface area contributed by atoms with Crippen molar-refractivity contribution in [2.45, 2.75) is 58.2 Å². The number of hydrogen-bond acceptors (Lipinski definition) is 4. The van der Waals surface area contributed by atoms with Crippen molar-refractivity contribution in [2.24, 2.45) is 7.05 Å². The summed E-state index contributed by atoms with van der Waals surface area (Å²) in [5.41, 5.74) is 4.33. The van der Waals surface area contributed by atoms with Gasteiger partial charge in [0.1, 0.15) is 11.5 Å². The molecule has 1 spiro atoms. The predicted molar refractivity (Wildman–Crippen MR) is 128 cm³/mol. The first-order valence-corrected chi connectivity index (χ1v) is 12.0. The molecule has 0 atom stereocenters. The highest BCUT2D eigenvalue weighted by Crippen LogP contribution is 2.43. The highest BCUT2D eigenvalue weighted by Gasteiger charge is 2.46. The highest BCUT2D eigenvalue weighted by atomic mass is 16.2. The molecule has 7 heteroatoms. The number of benzene rings is 1. The molecular weight excluding hydrogens is 412 g/mol. The second-order valence-electron chi connectivity index (χ2n) is 9.96. The summed E-state index contributed by atoms with van der Waals surface area (Å²) in [6.45, 7) is 10.8. The van der Waals surface area contributed by atoms with Crippen molar-refractivity contribution in [1.29, 1.82) is 0 Å². The maximum Gasteiger partial charge on any atom is 0.272 e. The van der Waals surface area contributed by atoms with Gasteiger partial charge in [0.15, 0.2) is 0 Å². The molecule has 3 aromatic rings. The van der Waals surface area contributed by atoms with E-state index in [2.05, 4.69) is 65.7 Å². The van der Waals surface area contributed by atoms with E-state index in [1.165, 1.54) is 17.0 Å². The molecule has 0 aliphatic carbocycles. The minimum atomic E-state index is -0.0973. The van der Waals surface area contributed by atoms with Crippen molar-refractivity contribution in [2.75, 3.05) is 19.6 Å². The normalized spacial score (nSPS) is 18.2. The lowest BCUT2D eigenvalue weighted by atomic mass is 9.72. The molecule has 1 saturated heterocycles. The second kappa shape index (κ2) is 8.45. The van der Waals surface area contributed by atoms with Gasteiger partial charge in [-0.25, -0.2) is 4.98 Å². The lowest BCUT2D eigenvalue weighted by molar-refractivity contribution is 0.0546. The van der Waals surface area contributed by atoms with Crippen LogP contribution in [0.25, 0.3) is 0 Å². The van der Waals surface area contributed by atoms with Gasteiger partial charge < -0.3 is 9.47 Å². The van der Waals surface area contributed by atoms with Gasteiger partial charge in [0.25, 0.3) is 5.91 Å². The smallest absolute Gasteiger partial charge is 0.272 e. The molecular formula is C26H34N6O. The summed E-state index contributed by atoms with van der Waals surface area (Å²) in [5.74, 6) is 1.11. The van der Waals surface area contributed by atoms with Gasteiger partial charge in [-0.2, -0.15) is 5.10 Å². The SMILES string of the molecule is Cc1nc2c(n1C(C)C)CN(C(=O)c1ccnn1C)CC21CCN(Cc2ccccc2)CC1. The number of aryl methyl sites for hydroxylation is 2. The van der Waals surface area contributed by atoms with Crippen LogP contribution >= 0.6 is 0 Å². The summed E-state index contributed by atoms with van der Waals surface area (Å²) < 4.78 is 4.01. The molecule has 33 heavy (non-hydrogen) atoms. The maximum atomic E-state index is 13.5. The van der Waals surface area contributed by atoms with Crippen molar-refractivity contribution < 1.29 is 4.79 Å². The topological polar surface area (TPSA) is 59.2 Å². The van der Waals surface area contributed by atoms with E-state index in [9.17, 15) is 4.79 Å². The average Bonchev–Trinajstić information content (AvgIpc) is 3.38. The highest BCUT2D eigenvalue weighted by molar-refractivity contribution is 5.92. The zero-order valence-electron chi connectivity index (χ0n) is 20.2. The second-order valence-corrected chi connectivity index (χ2v) is 9.96. The Morgan fingerprint density at radius 3 is 2.48 bits per heavy atom. The van der Waals surface area contributed by atoms with E-state index in [4.69, 9.17) is 4.98 Å². The Kier molecular flexibility index (Phi) is 5.60. The first-order chi connectivity index (χ1) is 15.9. The molecule has 0 saturated carbocycles. The number of rotatable bonds is 4. The number of fused-ring (bicyclic) bond motifs is 2. The Labute approximate surface area is 196 Å². The van der Waals surface area contributed by atoms with E-state index in [1.807, 2.05) is 18.0 Å². The zero-order chi connectivity index (χ0) is 23.2. The first kappa shape index (κ1) is 21.9. The van der Waals surface area contributed by atoms with Crippen molar-refractivity contribution in [1.82, 2.24) is 29.1 Å². The summed E-state index contributed by atoms with van der Waals surface area (Å²) in [4.78, 5) is 23.2. The van der Waals surface area contributed by atoms with E-state index in [0.717, 1.165) is 44.8 Å². The molecule has 2 aliphatic heterocycles. The van der Waals surface area contributed by atoms with Crippen LogP contribution in [-0.4, -0.2) is 54.7 Å². The van der Waals surface area contributed by atoms with Crippen molar-refractivity contribution in [3.8, 4) is 0 Å². The Morgan fingerprint density at radius 1 is 1.12 bits per heavy atom. The molecule has 1 aromatic carbocycles. The van der Waals surface area contributed by atoms with Gasteiger partial charge >= 0.3 is 0 Å². The van der Waals surface area contributed by atoms with Gasteiger partial charge in [-0.05, 0) is 58.3 Å². The lowest BCUT2D eigenvalue weighted by Crippen LogP contribution is -2.53. The van der Waals surface area contributed by atoms with Crippen LogP contribution in [0.2, 0.25) is 0 Å². The van der Waals surface area contributed by atoms with E-state index >= 15 is 0 Å². The van der Waals surface area contributed by atoms with Crippen LogP contribution in [0.4, 0.5) is 0 Å². The van der Waals surface area contributed by atoms with Crippen molar-refractivity contribution in [3.63, 3.8) is 0 Å². The van der Waals surface area contributed by atoms with E-state index < -0.39 is 0 Å². The number of imidazole rings is 1. The van der Waals surface area contributed by atoms with Gasteiger partial charge in [-0.3, -0.25) is 14.4 Å². The number of nitrogens with zero attached hydrogens (tertiary/aromatic N) is 6. The third kappa shape index (κ3) is 3.88. The van der Waals surface area contributed by atoms with E-state index in [1.54, 1.807) is 10.9 Å². The van der Waals surface area contributed by atoms with Gasteiger partial charge in [0, 0.05) is 37.8 Å². The van der Waals surface area contributed by atoms with E-state index in [-0.39, 0.29) is 11.3 Å². The summed E-state index contributed by atoms with van der Waals surface area (Å²) in [5, 5.41) is 4.23. The maximum absolute atomic E-state index is 13.5. The Balaban J connectivity index is 1.46. The van der Waals surface area contributed by atoms with Crippen LogP contribution in [0.15, 0.2) is 42.6 Å². The number of carbonyl (C=O) groups excluding carboxylic acids is 1. The average molecular weight is 447 g/mol. The fraction of sp³-hybridized carbons (Fsp3) is 0.500. The quantitative estimate of drug-likeness (QED) is 0.613. The minimum absolute atomic E-state index is 0.0564. The largest absolute Gasteiger partial charge is 0.330 e. The van der Waals surface area contributed by atoms with Crippen LogP contribution in [0.3, 0.4) is 0 Å². The molecule has 0 N–H and O–H groups in total. The fourth-order valence-corrected chi connectivity index (χ4v) is 5.79. The molecule has 0 unspecified atom stereocenters. The number of amides is 1. The third-order valence-electron chi connectivity index (χ3n) is 7.43. The summed E-state index contributed by atoms with van der Waals surface area (Å²) >= 11 is 0. The molecule has 2 aliphatic rings. The molecule has 5 rings (SSSR count). The van der Waals surface area contributed by atoms with Crippen molar-refractivity contribution >= 4 is 5.91 Å². The van der Waals surface area contributed by atoms with Crippen molar-refractivity contribution in [3.05, 3.63) is 71.1 Å². The van der Waals surface area contributed by atoms with Gasteiger partial charge in [0.05, 0.1) is 17.9 Å². The molecule has 1 fully saturated rings. The predicted octanol–water partition coefficient (Wildman–Crippen LogP) is 3.70. The van der Waals surface area contributed by atoms with Crippen LogP contribution in [0.5, 0.6) is 0 Å². The zero-order valence-corrected chi connectivity index (χ0v) is 20.2. The molecule has 0 radical (unpaired) electrons. The summed E-state index contributed by atoms with van der Waals surface area (Å²) in [7, 11) is 1.84. The number of carbonyl (C=O) groups is 1. The molecule has 1 amide bonds. The number of piperidine rings is 1. The Morgan fingerprint density at radius 2 is 1.85 bits per heavy atom. The number of aromatic nitrogens is 4. The first-order valence-electron chi connectivity index (χ1n) is 12.0. The van der Waals surface area contributed by atoms with E-state index in [0.29, 0.717) is 18.3 Å². The number of hydrogen-bond donors (Lipinski definition) is 0. The molecule has 2 aromatic heterocycles. The number of likely N-dealkylation sites (tertiary alicyclic amines) is 1. The fourth-order valence-electron chi connectivity index (χ4n) is 5.79.